The number of amides is 3. The summed E-state index contributed by atoms with van der Waals surface area (Å²) >= 11 is 0. The van der Waals surface area contributed by atoms with Gasteiger partial charge in [0.05, 0.1) is 19.2 Å². The lowest BCUT2D eigenvalue weighted by molar-refractivity contribution is -0.121. The van der Waals surface area contributed by atoms with Crippen LogP contribution in [0.4, 0.5) is 5.69 Å². The molecule has 1 aliphatic rings. The molecule has 3 amide bonds. The van der Waals surface area contributed by atoms with E-state index in [9.17, 15) is 14.4 Å². The predicted molar refractivity (Wildman–Crippen MR) is 90.9 cm³/mol. The standard InChI is InChI=1S/C18H17N3O4/c1-25-15-10-6-5-9-14(15)21-16(22)11-13(18(21)24)19-20-17(23)12-7-3-2-4-8-12/h2-10,13,19H,11H2,1H3,(H,20,23)/t13-/m1/s1. The molecule has 7 heteroatoms. The second kappa shape index (κ2) is 7.14. The molecule has 0 aromatic heterocycles. The summed E-state index contributed by atoms with van der Waals surface area (Å²) in [5.41, 5.74) is 5.96. The molecule has 0 bridgehead atoms. The number of hydrogen-bond donors (Lipinski definition) is 2. The lowest BCUT2D eigenvalue weighted by atomic mass is 10.2. The lowest BCUT2D eigenvalue weighted by Crippen LogP contribution is -2.48. The molecule has 1 atom stereocenters. The number of methoxy groups -OCH3 is 1. The van der Waals surface area contributed by atoms with Gasteiger partial charge in [-0.2, -0.15) is 0 Å². The Morgan fingerprint density at radius 1 is 1.08 bits per heavy atom. The van der Waals surface area contributed by atoms with Crippen LogP contribution >= 0.6 is 0 Å². The summed E-state index contributed by atoms with van der Waals surface area (Å²) < 4.78 is 5.21. The van der Waals surface area contributed by atoms with Crippen molar-refractivity contribution >= 4 is 23.4 Å². The molecule has 0 unspecified atom stereocenters. The lowest BCUT2D eigenvalue weighted by Gasteiger charge is -2.18. The third-order valence-corrected chi connectivity index (χ3v) is 3.87. The number of para-hydroxylation sites is 2. The van der Waals surface area contributed by atoms with Gasteiger partial charge in [0.1, 0.15) is 11.8 Å². The molecular weight excluding hydrogens is 322 g/mol. The number of hydrazine groups is 1. The highest BCUT2D eigenvalue weighted by Gasteiger charge is 2.40. The van der Waals surface area contributed by atoms with E-state index in [1.165, 1.54) is 7.11 Å². The summed E-state index contributed by atoms with van der Waals surface area (Å²) in [6.07, 6.45) is -0.0497. The first kappa shape index (κ1) is 16.7. The van der Waals surface area contributed by atoms with Crippen LogP contribution in [0.2, 0.25) is 0 Å². The highest BCUT2D eigenvalue weighted by atomic mass is 16.5. The van der Waals surface area contributed by atoms with Crippen molar-refractivity contribution in [1.82, 2.24) is 10.9 Å². The first-order valence-corrected chi connectivity index (χ1v) is 7.72. The van der Waals surface area contributed by atoms with Crippen molar-refractivity contribution in [2.75, 3.05) is 12.0 Å². The van der Waals surface area contributed by atoms with E-state index in [1.54, 1.807) is 54.6 Å². The number of nitrogens with one attached hydrogen (secondary N) is 2. The number of hydrogen-bond acceptors (Lipinski definition) is 5. The molecule has 1 saturated heterocycles. The first-order valence-electron chi connectivity index (χ1n) is 7.72. The fraction of sp³-hybridized carbons (Fsp3) is 0.167. The summed E-state index contributed by atoms with van der Waals surface area (Å²) in [5.74, 6) is -0.751. The van der Waals surface area contributed by atoms with Gasteiger partial charge in [0.15, 0.2) is 0 Å². The van der Waals surface area contributed by atoms with Gasteiger partial charge in [-0.3, -0.25) is 19.8 Å². The van der Waals surface area contributed by atoms with E-state index in [-0.39, 0.29) is 18.2 Å². The molecule has 0 aliphatic carbocycles. The maximum atomic E-state index is 12.6. The van der Waals surface area contributed by atoms with Crippen LogP contribution in [0.5, 0.6) is 5.75 Å². The van der Waals surface area contributed by atoms with Crippen molar-refractivity contribution in [1.29, 1.82) is 0 Å². The van der Waals surface area contributed by atoms with Crippen LogP contribution in [0.1, 0.15) is 16.8 Å². The fourth-order valence-corrected chi connectivity index (χ4v) is 2.63. The average Bonchev–Trinajstić information content (AvgIpc) is 2.93. The Kier molecular flexibility index (Phi) is 4.76. The number of carbonyl (C=O) groups excluding carboxylic acids is 3. The third-order valence-electron chi connectivity index (χ3n) is 3.87. The Labute approximate surface area is 144 Å². The van der Waals surface area contributed by atoms with Crippen LogP contribution in [0.25, 0.3) is 0 Å². The van der Waals surface area contributed by atoms with Crippen LogP contribution in [-0.4, -0.2) is 30.9 Å². The second-order valence-corrected chi connectivity index (χ2v) is 5.46. The average molecular weight is 339 g/mol. The molecule has 1 aliphatic heterocycles. The topological polar surface area (TPSA) is 87.7 Å². The quantitative estimate of drug-likeness (QED) is 0.632. The maximum Gasteiger partial charge on any atom is 0.265 e. The Balaban J connectivity index is 1.70. The molecule has 0 saturated carbocycles. The molecule has 0 radical (unpaired) electrons. The van der Waals surface area contributed by atoms with Gasteiger partial charge in [0.2, 0.25) is 5.91 Å². The van der Waals surface area contributed by atoms with E-state index in [1.807, 2.05) is 0 Å². The van der Waals surface area contributed by atoms with E-state index in [0.29, 0.717) is 17.0 Å². The Morgan fingerprint density at radius 3 is 2.48 bits per heavy atom. The number of ether oxygens (including phenoxy) is 1. The van der Waals surface area contributed by atoms with Gasteiger partial charge in [-0.05, 0) is 24.3 Å². The highest BCUT2D eigenvalue weighted by molar-refractivity contribution is 6.23. The molecule has 1 heterocycles. The molecule has 25 heavy (non-hydrogen) atoms. The minimum atomic E-state index is -0.829. The zero-order valence-electron chi connectivity index (χ0n) is 13.6. The fourth-order valence-electron chi connectivity index (χ4n) is 2.63. The van der Waals surface area contributed by atoms with Crippen molar-refractivity contribution in [3.8, 4) is 5.75 Å². The van der Waals surface area contributed by atoms with Crippen LogP contribution in [0.3, 0.4) is 0 Å². The van der Waals surface area contributed by atoms with Crippen LogP contribution in [0.15, 0.2) is 54.6 Å². The van der Waals surface area contributed by atoms with E-state index < -0.39 is 11.9 Å². The number of imide groups is 1. The van der Waals surface area contributed by atoms with Crippen molar-refractivity contribution in [2.24, 2.45) is 0 Å². The normalized spacial score (nSPS) is 16.8. The monoisotopic (exact) mass is 339 g/mol. The van der Waals surface area contributed by atoms with Crippen molar-refractivity contribution in [3.63, 3.8) is 0 Å². The van der Waals surface area contributed by atoms with Gasteiger partial charge < -0.3 is 4.74 Å². The summed E-state index contributed by atoms with van der Waals surface area (Å²) in [5, 5.41) is 0. The zero-order chi connectivity index (χ0) is 17.8. The number of anilines is 1. The smallest absolute Gasteiger partial charge is 0.265 e. The van der Waals surface area contributed by atoms with Crippen molar-refractivity contribution in [3.05, 3.63) is 60.2 Å². The maximum absolute atomic E-state index is 12.6. The Hall–Kier alpha value is -3.19. The second-order valence-electron chi connectivity index (χ2n) is 5.46. The van der Waals surface area contributed by atoms with E-state index >= 15 is 0 Å². The molecule has 7 nitrogen and oxygen atoms in total. The predicted octanol–water partition coefficient (Wildman–Crippen LogP) is 1.26. The number of nitrogens with zero attached hydrogens (tertiary/aromatic N) is 1. The molecule has 1 fully saturated rings. The van der Waals surface area contributed by atoms with Gasteiger partial charge in [-0.1, -0.05) is 30.3 Å². The van der Waals surface area contributed by atoms with Gasteiger partial charge in [-0.15, -0.1) is 0 Å². The van der Waals surface area contributed by atoms with Crippen molar-refractivity contribution in [2.45, 2.75) is 12.5 Å². The van der Waals surface area contributed by atoms with Gasteiger partial charge in [0.25, 0.3) is 11.8 Å². The molecule has 3 rings (SSSR count). The molecule has 128 valence electrons. The summed E-state index contributed by atoms with van der Waals surface area (Å²) in [4.78, 5) is 38.0. The van der Waals surface area contributed by atoms with Crippen LogP contribution < -0.4 is 20.5 Å². The zero-order valence-corrected chi connectivity index (χ0v) is 13.6. The number of carbonyl (C=O) groups is 3. The number of rotatable bonds is 5. The highest BCUT2D eigenvalue weighted by Crippen LogP contribution is 2.31. The van der Waals surface area contributed by atoms with Gasteiger partial charge in [-0.25, -0.2) is 10.3 Å². The minimum absolute atomic E-state index is 0.0497. The first-order chi connectivity index (χ1) is 12.1. The van der Waals surface area contributed by atoms with Crippen molar-refractivity contribution < 1.29 is 19.1 Å². The largest absolute Gasteiger partial charge is 0.495 e. The molecule has 2 aromatic carbocycles. The number of benzene rings is 2. The molecule has 0 spiro atoms. The SMILES string of the molecule is COc1ccccc1N1C(=O)C[C@@H](NNC(=O)c2ccccc2)C1=O. The van der Waals surface area contributed by atoms with Gasteiger partial charge >= 0.3 is 0 Å². The summed E-state index contributed by atoms with van der Waals surface area (Å²) in [6, 6.07) is 14.5. The van der Waals surface area contributed by atoms with Gasteiger partial charge in [0, 0.05) is 5.56 Å². The summed E-state index contributed by atoms with van der Waals surface area (Å²) in [6.45, 7) is 0. The molecule has 2 aromatic rings. The molecule has 2 N–H and O–H groups in total. The van der Waals surface area contributed by atoms with Crippen LogP contribution in [0, 0.1) is 0 Å². The van der Waals surface area contributed by atoms with E-state index in [0.717, 1.165) is 4.90 Å². The summed E-state index contributed by atoms with van der Waals surface area (Å²) in [7, 11) is 1.47. The minimum Gasteiger partial charge on any atom is -0.495 e. The molecular formula is C18H17N3O4. The third kappa shape index (κ3) is 3.36. The van der Waals surface area contributed by atoms with Crippen LogP contribution in [-0.2, 0) is 9.59 Å². The Bertz CT molecular complexity index is 807. The van der Waals surface area contributed by atoms with E-state index in [4.69, 9.17) is 4.74 Å². The van der Waals surface area contributed by atoms with E-state index in [2.05, 4.69) is 10.9 Å². The Morgan fingerprint density at radius 2 is 1.76 bits per heavy atom.